The molecule has 0 saturated carbocycles. The average Bonchev–Trinajstić information content (AvgIpc) is 3.30. The van der Waals surface area contributed by atoms with E-state index in [0.29, 0.717) is 23.8 Å². The van der Waals surface area contributed by atoms with Crippen LogP contribution in [0.2, 0.25) is 0 Å². The summed E-state index contributed by atoms with van der Waals surface area (Å²) in [5.74, 6) is 1.92. The number of carbonyl (C=O) groups is 1. The Labute approximate surface area is 157 Å². The second-order valence-electron chi connectivity index (χ2n) is 6.68. The van der Waals surface area contributed by atoms with Crippen molar-refractivity contribution in [2.24, 2.45) is 0 Å². The molecule has 0 spiro atoms. The summed E-state index contributed by atoms with van der Waals surface area (Å²) in [5.41, 5.74) is 2.37. The predicted octanol–water partition coefficient (Wildman–Crippen LogP) is 3.80. The first-order valence-corrected chi connectivity index (χ1v) is 8.99. The van der Waals surface area contributed by atoms with Gasteiger partial charge in [-0.25, -0.2) is 15.0 Å². The van der Waals surface area contributed by atoms with Gasteiger partial charge in [-0.15, -0.1) is 0 Å². The van der Waals surface area contributed by atoms with Crippen molar-refractivity contribution in [1.29, 1.82) is 0 Å². The van der Waals surface area contributed by atoms with E-state index in [1.807, 2.05) is 42.2 Å². The summed E-state index contributed by atoms with van der Waals surface area (Å²) in [6, 6.07) is 9.74. The lowest BCUT2D eigenvalue weighted by Crippen LogP contribution is -2.31. The lowest BCUT2D eigenvalue weighted by atomic mass is 10.1. The number of oxazole rings is 1. The normalized spacial score (nSPS) is 16.5. The zero-order valence-corrected chi connectivity index (χ0v) is 15.3. The summed E-state index contributed by atoms with van der Waals surface area (Å²) in [5, 5.41) is 3.24. The number of pyridine rings is 2. The second-order valence-corrected chi connectivity index (χ2v) is 6.68. The molecular formula is C20H21N5O2. The molecule has 7 nitrogen and oxygen atoms in total. The van der Waals surface area contributed by atoms with E-state index >= 15 is 0 Å². The minimum atomic E-state index is -0.0876. The molecule has 1 atom stereocenters. The highest BCUT2D eigenvalue weighted by Gasteiger charge is 2.32. The van der Waals surface area contributed by atoms with Gasteiger partial charge in [0.2, 0.25) is 0 Å². The second kappa shape index (κ2) is 7.19. The maximum atomic E-state index is 12.9. The Balaban J connectivity index is 1.57. The lowest BCUT2D eigenvalue weighted by molar-refractivity contribution is 0.0728. The molecule has 1 saturated heterocycles. The SMILES string of the molecule is Cc1cccc(Nc2cc(C3CCCN3C(=O)c3ncoc3C)ccn2)n1. The Morgan fingerprint density at radius 1 is 1.22 bits per heavy atom. The van der Waals surface area contributed by atoms with E-state index in [9.17, 15) is 4.79 Å². The molecule has 4 rings (SSSR count). The number of nitrogens with one attached hydrogen (secondary N) is 1. The fourth-order valence-corrected chi connectivity index (χ4v) is 3.47. The maximum absolute atomic E-state index is 12.9. The highest BCUT2D eigenvalue weighted by Crippen LogP contribution is 2.34. The van der Waals surface area contributed by atoms with Crippen LogP contribution < -0.4 is 5.32 Å². The minimum absolute atomic E-state index is 0.00242. The Morgan fingerprint density at radius 3 is 2.89 bits per heavy atom. The van der Waals surface area contributed by atoms with Crippen LogP contribution in [-0.2, 0) is 0 Å². The number of rotatable bonds is 4. The van der Waals surface area contributed by atoms with Gasteiger partial charge in [-0.1, -0.05) is 6.07 Å². The molecule has 1 aliphatic heterocycles. The molecule has 0 bridgehead atoms. The summed E-state index contributed by atoms with van der Waals surface area (Å²) in [7, 11) is 0. The zero-order chi connectivity index (χ0) is 18.8. The smallest absolute Gasteiger partial charge is 0.276 e. The zero-order valence-electron chi connectivity index (χ0n) is 15.3. The Hall–Kier alpha value is -3.22. The highest BCUT2D eigenvalue weighted by molar-refractivity contribution is 5.93. The number of aromatic nitrogens is 3. The van der Waals surface area contributed by atoms with Crippen LogP contribution in [0.5, 0.6) is 0 Å². The summed E-state index contributed by atoms with van der Waals surface area (Å²) in [4.78, 5) is 27.7. The van der Waals surface area contributed by atoms with Gasteiger partial charge in [0.25, 0.3) is 5.91 Å². The van der Waals surface area contributed by atoms with E-state index in [0.717, 1.165) is 29.9 Å². The first-order chi connectivity index (χ1) is 13.1. The fraction of sp³-hybridized carbons (Fsp3) is 0.300. The van der Waals surface area contributed by atoms with Crippen molar-refractivity contribution >= 4 is 17.5 Å². The van der Waals surface area contributed by atoms with Crippen molar-refractivity contribution in [2.75, 3.05) is 11.9 Å². The Morgan fingerprint density at radius 2 is 2.11 bits per heavy atom. The molecule has 138 valence electrons. The Bertz CT molecular complexity index is 968. The summed E-state index contributed by atoms with van der Waals surface area (Å²) < 4.78 is 5.20. The van der Waals surface area contributed by atoms with Crippen LogP contribution in [0.1, 0.15) is 46.4 Å². The predicted molar refractivity (Wildman–Crippen MR) is 101 cm³/mol. The van der Waals surface area contributed by atoms with Gasteiger partial charge in [0, 0.05) is 18.4 Å². The van der Waals surface area contributed by atoms with Crippen molar-refractivity contribution in [3.05, 3.63) is 65.6 Å². The molecule has 3 aromatic heterocycles. The number of amides is 1. The number of hydrogen-bond acceptors (Lipinski definition) is 6. The minimum Gasteiger partial charge on any atom is -0.448 e. The molecule has 1 unspecified atom stereocenters. The fourth-order valence-electron chi connectivity index (χ4n) is 3.47. The number of aryl methyl sites for hydroxylation is 2. The first kappa shape index (κ1) is 17.2. The molecule has 0 aromatic carbocycles. The number of hydrogen-bond donors (Lipinski definition) is 1. The molecule has 1 fully saturated rings. The van der Waals surface area contributed by atoms with Crippen LogP contribution in [0.15, 0.2) is 47.3 Å². The molecule has 7 heteroatoms. The van der Waals surface area contributed by atoms with Crippen LogP contribution in [0.25, 0.3) is 0 Å². The highest BCUT2D eigenvalue weighted by atomic mass is 16.3. The van der Waals surface area contributed by atoms with Gasteiger partial charge in [-0.3, -0.25) is 4.79 Å². The molecular weight excluding hydrogens is 342 g/mol. The van der Waals surface area contributed by atoms with Crippen LogP contribution >= 0.6 is 0 Å². The molecule has 0 aliphatic carbocycles. The van der Waals surface area contributed by atoms with Crippen molar-refractivity contribution in [1.82, 2.24) is 19.9 Å². The number of carbonyl (C=O) groups excluding carboxylic acids is 1. The van der Waals surface area contributed by atoms with Crippen LogP contribution in [0.4, 0.5) is 11.6 Å². The third-order valence-corrected chi connectivity index (χ3v) is 4.77. The maximum Gasteiger partial charge on any atom is 0.276 e. The van der Waals surface area contributed by atoms with Crippen molar-refractivity contribution in [3.8, 4) is 0 Å². The van der Waals surface area contributed by atoms with Crippen LogP contribution in [0, 0.1) is 13.8 Å². The monoisotopic (exact) mass is 363 g/mol. The van der Waals surface area contributed by atoms with E-state index < -0.39 is 0 Å². The number of anilines is 2. The van der Waals surface area contributed by atoms with Crippen molar-refractivity contribution in [3.63, 3.8) is 0 Å². The third-order valence-electron chi connectivity index (χ3n) is 4.77. The van der Waals surface area contributed by atoms with E-state index in [2.05, 4.69) is 20.3 Å². The summed E-state index contributed by atoms with van der Waals surface area (Å²) >= 11 is 0. The van der Waals surface area contributed by atoms with Crippen molar-refractivity contribution < 1.29 is 9.21 Å². The van der Waals surface area contributed by atoms with Gasteiger partial charge in [0.1, 0.15) is 17.4 Å². The largest absolute Gasteiger partial charge is 0.448 e. The van der Waals surface area contributed by atoms with Crippen LogP contribution in [0.3, 0.4) is 0 Å². The topological polar surface area (TPSA) is 84.2 Å². The van der Waals surface area contributed by atoms with E-state index in [1.54, 1.807) is 13.1 Å². The van der Waals surface area contributed by atoms with Gasteiger partial charge >= 0.3 is 0 Å². The van der Waals surface area contributed by atoms with E-state index in [-0.39, 0.29) is 11.9 Å². The molecule has 1 amide bonds. The molecule has 27 heavy (non-hydrogen) atoms. The quantitative estimate of drug-likeness (QED) is 0.759. The summed E-state index contributed by atoms with van der Waals surface area (Å²) in [6.45, 7) is 4.41. The number of likely N-dealkylation sites (tertiary alicyclic amines) is 1. The molecule has 1 N–H and O–H groups in total. The first-order valence-electron chi connectivity index (χ1n) is 8.99. The standard InChI is InChI=1S/C20H21N5O2/c1-13-5-3-7-17(23-13)24-18-11-15(8-9-21-18)16-6-4-10-25(16)20(26)19-14(2)27-12-22-19/h3,5,7-9,11-12,16H,4,6,10H2,1-2H3,(H,21,23,24). The van der Waals surface area contributed by atoms with Gasteiger partial charge in [0.15, 0.2) is 12.1 Å². The van der Waals surface area contributed by atoms with Gasteiger partial charge in [-0.05, 0) is 56.5 Å². The third kappa shape index (κ3) is 3.53. The van der Waals surface area contributed by atoms with Crippen LogP contribution in [-0.4, -0.2) is 32.3 Å². The molecule has 1 aliphatic rings. The lowest BCUT2D eigenvalue weighted by Gasteiger charge is -2.24. The molecule has 3 aromatic rings. The van der Waals surface area contributed by atoms with E-state index in [1.165, 1.54) is 6.39 Å². The van der Waals surface area contributed by atoms with E-state index in [4.69, 9.17) is 4.42 Å². The van der Waals surface area contributed by atoms with Gasteiger partial charge in [-0.2, -0.15) is 0 Å². The van der Waals surface area contributed by atoms with Gasteiger partial charge in [0.05, 0.1) is 6.04 Å². The molecule has 4 heterocycles. The summed E-state index contributed by atoms with van der Waals surface area (Å²) in [6.07, 6.45) is 4.94. The Kier molecular flexibility index (Phi) is 4.58. The molecule has 0 radical (unpaired) electrons. The number of nitrogens with zero attached hydrogens (tertiary/aromatic N) is 4. The average molecular weight is 363 g/mol. The van der Waals surface area contributed by atoms with Crippen molar-refractivity contribution in [2.45, 2.75) is 32.7 Å². The van der Waals surface area contributed by atoms with Gasteiger partial charge < -0.3 is 14.6 Å².